The molecule has 0 spiro atoms. The first-order chi connectivity index (χ1) is 22.9. The second-order valence-electron chi connectivity index (χ2n) is 11.5. The van der Waals surface area contributed by atoms with E-state index in [9.17, 15) is 4.89 Å². The van der Waals surface area contributed by atoms with E-state index in [1.165, 1.54) is 0 Å². The first-order valence-electron chi connectivity index (χ1n) is 16.1. The third kappa shape index (κ3) is 7.85. The largest absolute Gasteiger partial charge is 0.781 e. The zero-order valence-corrected chi connectivity index (χ0v) is 28.7. The summed E-state index contributed by atoms with van der Waals surface area (Å²) in [6.45, 7) is 8.21. The Morgan fingerprint density at radius 3 is 1.94 bits per heavy atom. The molecule has 1 radical (unpaired) electrons. The molecule has 0 amide bonds. The number of allylic oxidation sites excluding steroid dienone is 1. The number of hydrogen-bond donors (Lipinski definition) is 0. The van der Waals surface area contributed by atoms with Gasteiger partial charge in [0.15, 0.2) is 8.60 Å². The Balaban J connectivity index is 1.52. The molecule has 0 aliphatic carbocycles. The van der Waals surface area contributed by atoms with Crippen LogP contribution in [-0.2, 0) is 24.2 Å². The van der Waals surface area contributed by atoms with E-state index >= 15 is 0 Å². The Morgan fingerprint density at radius 2 is 1.43 bits per heavy atom. The zero-order valence-electron chi connectivity index (χ0n) is 27.8. The summed E-state index contributed by atoms with van der Waals surface area (Å²) in [5.74, 6) is 1.48. The topological polar surface area (TPSA) is 92.5 Å². The lowest BCUT2D eigenvalue weighted by Crippen LogP contribution is -2.47. The highest BCUT2D eigenvalue weighted by molar-refractivity contribution is 7.38. The Kier molecular flexibility index (Phi) is 12.0. The van der Waals surface area contributed by atoms with Crippen molar-refractivity contribution in [3.63, 3.8) is 0 Å². The molecule has 3 aromatic carbocycles. The van der Waals surface area contributed by atoms with Crippen LogP contribution in [0.2, 0.25) is 0 Å². The number of nitrogens with zero attached hydrogens (tertiary/aromatic N) is 2. The summed E-state index contributed by atoms with van der Waals surface area (Å²) >= 11 is 0. The average molecular weight is 661 g/mol. The van der Waals surface area contributed by atoms with Crippen molar-refractivity contribution in [2.45, 2.75) is 51.1 Å². The van der Waals surface area contributed by atoms with Crippen molar-refractivity contribution in [2.75, 3.05) is 40.5 Å². The molecule has 3 aromatic rings. The highest BCUT2D eigenvalue weighted by Crippen LogP contribution is 2.44. The first kappa shape index (κ1) is 34.9. The molecular formula is C37H45N2O7P+. The Morgan fingerprint density at radius 1 is 0.851 bits per heavy atom. The van der Waals surface area contributed by atoms with Crippen LogP contribution < -0.4 is 19.4 Å². The maximum atomic E-state index is 13.4. The second kappa shape index (κ2) is 16.1. The molecule has 4 atom stereocenters. The Bertz CT molecular complexity index is 1450. The molecule has 9 nitrogen and oxygen atoms in total. The van der Waals surface area contributed by atoms with Crippen LogP contribution in [0.3, 0.4) is 0 Å². The number of hydroxylamine groups is 3. The third-order valence-electron chi connectivity index (χ3n) is 9.08. The van der Waals surface area contributed by atoms with Crippen LogP contribution in [-0.4, -0.2) is 69.6 Å². The standard InChI is InChI=1S/C37H45N2O7P/c1-6-39(7-2,8-3)46-47(40)45-35-25-34(28-13-12-24-38-26-28)44-36(35)27-43-37(29-14-10-9-11-15-29,30-16-20-32(41-4)21-17-30)31-18-22-33(42-5)23-19-31/h9-24,26,34-36H,6-8,25,27H2,1-5H3/q+1/t34-,35+,36-,47?/m1/s1. The maximum absolute atomic E-state index is 13.4. The van der Waals surface area contributed by atoms with E-state index in [2.05, 4.69) is 17.1 Å². The molecule has 249 valence electrons. The smallest absolute Gasteiger partial charge is 0.247 e. The molecule has 0 bridgehead atoms. The van der Waals surface area contributed by atoms with Gasteiger partial charge in [-0.1, -0.05) is 54.6 Å². The van der Waals surface area contributed by atoms with Gasteiger partial charge in [0, 0.05) is 12.5 Å². The van der Waals surface area contributed by atoms with E-state index in [4.69, 9.17) is 28.1 Å². The van der Waals surface area contributed by atoms with Gasteiger partial charge in [-0.3, -0.25) is 0 Å². The number of benzene rings is 3. The van der Waals surface area contributed by atoms with E-state index in [0.717, 1.165) is 33.8 Å². The SMILES string of the molecule is CC[N+](CC)(CC)OP([O-])O[C@H]1C[C@H](C2=C[N+]=CC=C2)O[C@@H]1COC(c1ccccc1)(c1ccc(OC)cc1)c1ccc(OC)cc1. The molecule has 2 aliphatic heterocycles. The molecule has 0 N–H and O–H groups in total. The lowest BCUT2D eigenvalue weighted by molar-refractivity contribution is -1.08. The molecular weight excluding hydrogens is 615 g/mol. The number of aliphatic imine (C=N–C) groups is 1. The number of ether oxygens (including phenoxy) is 4. The second-order valence-corrected chi connectivity index (χ2v) is 12.3. The predicted octanol–water partition coefficient (Wildman–Crippen LogP) is 5.81. The summed E-state index contributed by atoms with van der Waals surface area (Å²) in [6, 6.07) is 25.9. The van der Waals surface area contributed by atoms with Gasteiger partial charge in [0.05, 0.1) is 43.6 Å². The molecule has 2 aliphatic rings. The summed E-state index contributed by atoms with van der Waals surface area (Å²) < 4.78 is 37.2. The summed E-state index contributed by atoms with van der Waals surface area (Å²) in [7, 11) is 0.845. The van der Waals surface area contributed by atoms with E-state index in [0.29, 0.717) is 26.1 Å². The van der Waals surface area contributed by atoms with Gasteiger partial charge >= 0.3 is 0 Å². The van der Waals surface area contributed by atoms with Crippen molar-refractivity contribution in [1.29, 1.82) is 0 Å². The van der Waals surface area contributed by atoms with Crippen molar-refractivity contribution >= 4 is 14.8 Å². The van der Waals surface area contributed by atoms with Gasteiger partial charge in [-0.2, -0.15) is 9.27 Å². The number of rotatable bonds is 16. The van der Waals surface area contributed by atoms with E-state index in [1.807, 2.05) is 99.7 Å². The van der Waals surface area contributed by atoms with Crippen LogP contribution in [0.5, 0.6) is 11.5 Å². The van der Waals surface area contributed by atoms with Gasteiger partial charge in [-0.25, -0.2) is 0 Å². The average Bonchev–Trinajstić information content (AvgIpc) is 3.54. The van der Waals surface area contributed by atoms with Gasteiger partial charge in [0.25, 0.3) is 0 Å². The van der Waals surface area contributed by atoms with Gasteiger partial charge in [0.2, 0.25) is 12.4 Å². The first-order valence-corrected chi connectivity index (χ1v) is 17.2. The third-order valence-corrected chi connectivity index (χ3v) is 10.0. The van der Waals surface area contributed by atoms with Crippen molar-refractivity contribution in [3.05, 3.63) is 119 Å². The summed E-state index contributed by atoms with van der Waals surface area (Å²) in [5.41, 5.74) is 2.61. The monoisotopic (exact) mass is 660 g/mol. The van der Waals surface area contributed by atoms with Gasteiger partial charge in [0.1, 0.15) is 42.8 Å². The van der Waals surface area contributed by atoms with Crippen molar-refractivity contribution in [2.24, 2.45) is 0 Å². The fourth-order valence-electron chi connectivity index (χ4n) is 6.15. The van der Waals surface area contributed by atoms with Gasteiger partial charge in [-0.15, -0.1) is 0 Å². The minimum atomic E-state index is -2.45. The fraction of sp³-hybridized carbons (Fsp3) is 0.378. The summed E-state index contributed by atoms with van der Waals surface area (Å²) in [5, 5.41) is 0. The number of quaternary nitrogens is 1. The highest BCUT2D eigenvalue weighted by atomic mass is 31.2. The lowest BCUT2D eigenvalue weighted by Gasteiger charge is -2.39. The van der Waals surface area contributed by atoms with Crippen LogP contribution in [0.25, 0.3) is 0 Å². The summed E-state index contributed by atoms with van der Waals surface area (Å²) in [4.78, 5) is 17.7. The minimum absolute atomic E-state index is 0.132. The minimum Gasteiger partial charge on any atom is -0.781 e. The van der Waals surface area contributed by atoms with Gasteiger partial charge in [-0.05, 0) is 67.8 Å². The highest BCUT2D eigenvalue weighted by Gasteiger charge is 2.44. The molecule has 0 saturated carbocycles. The predicted molar refractivity (Wildman–Crippen MR) is 182 cm³/mol. The lowest BCUT2D eigenvalue weighted by atomic mass is 9.80. The molecule has 47 heavy (non-hydrogen) atoms. The molecule has 5 rings (SSSR count). The zero-order chi connectivity index (χ0) is 33.3. The Labute approximate surface area is 279 Å². The van der Waals surface area contributed by atoms with Crippen LogP contribution >= 0.6 is 8.60 Å². The Hall–Kier alpha value is -3.40. The molecule has 10 heteroatoms. The van der Waals surface area contributed by atoms with Crippen molar-refractivity contribution in [1.82, 2.24) is 4.99 Å². The van der Waals surface area contributed by atoms with E-state index < -0.39 is 26.4 Å². The van der Waals surface area contributed by atoms with E-state index in [-0.39, 0.29) is 17.4 Å². The maximum Gasteiger partial charge on any atom is 0.247 e. The van der Waals surface area contributed by atoms with Gasteiger partial charge < -0.3 is 28.4 Å². The van der Waals surface area contributed by atoms with E-state index in [1.54, 1.807) is 26.6 Å². The van der Waals surface area contributed by atoms with Crippen molar-refractivity contribution < 1.29 is 37.6 Å². The summed E-state index contributed by atoms with van der Waals surface area (Å²) in [6.07, 6.45) is 6.41. The molecule has 1 fully saturated rings. The molecule has 1 unspecified atom stereocenters. The van der Waals surface area contributed by atoms with Crippen LogP contribution in [0.1, 0.15) is 43.9 Å². The van der Waals surface area contributed by atoms with Crippen LogP contribution in [0.4, 0.5) is 0 Å². The molecule has 2 heterocycles. The number of methoxy groups -OCH3 is 2. The normalized spacial score (nSPS) is 20.2. The van der Waals surface area contributed by atoms with Crippen molar-refractivity contribution in [3.8, 4) is 11.5 Å². The molecule has 1 saturated heterocycles. The molecule has 0 aromatic heterocycles. The fourth-order valence-corrected chi connectivity index (χ4v) is 7.26. The van der Waals surface area contributed by atoms with Crippen LogP contribution in [0, 0.1) is 0 Å². The quantitative estimate of drug-likeness (QED) is 0.0829. The van der Waals surface area contributed by atoms with Crippen LogP contribution in [0.15, 0.2) is 103 Å². The number of hydrogen-bond acceptors (Lipinski definition) is 8.